The topological polar surface area (TPSA) is 54.4 Å². The molecule has 0 aliphatic carbocycles. The molecule has 2 aliphatic rings. The molecule has 2 aromatic heterocycles. The molecule has 4 rings (SSSR count). The quantitative estimate of drug-likeness (QED) is 0.839. The first-order chi connectivity index (χ1) is 12.6. The number of hydrogen-bond donors (Lipinski definition) is 0. The van der Waals surface area contributed by atoms with E-state index in [1.165, 1.54) is 12.4 Å². The first kappa shape index (κ1) is 17.3. The second-order valence-corrected chi connectivity index (χ2v) is 7.24. The maximum absolute atomic E-state index is 13.1. The number of piperidine rings is 1. The van der Waals surface area contributed by atoms with E-state index in [4.69, 9.17) is 4.74 Å². The zero-order valence-electron chi connectivity index (χ0n) is 15.1. The number of hydrogen-bond acceptors (Lipinski definition) is 6. The second kappa shape index (κ2) is 7.25. The molecule has 0 N–H and O–H groups in total. The van der Waals surface area contributed by atoms with Crippen molar-refractivity contribution in [1.29, 1.82) is 0 Å². The third-order valence-electron chi connectivity index (χ3n) is 5.09. The van der Waals surface area contributed by atoms with Gasteiger partial charge in [0.15, 0.2) is 5.82 Å². The fourth-order valence-corrected chi connectivity index (χ4v) is 3.96. The molecule has 138 valence electrons. The minimum atomic E-state index is -0.411. The third-order valence-corrected chi connectivity index (χ3v) is 5.09. The predicted molar refractivity (Wildman–Crippen MR) is 96.4 cm³/mol. The Bertz CT molecular complexity index is 752. The Kier molecular flexibility index (Phi) is 4.82. The van der Waals surface area contributed by atoms with Gasteiger partial charge in [0.05, 0.1) is 36.8 Å². The molecular formula is C19H24FN5O. The van der Waals surface area contributed by atoms with Crippen molar-refractivity contribution in [3.8, 4) is 0 Å². The van der Waals surface area contributed by atoms with Crippen LogP contribution in [0.15, 0.2) is 30.6 Å². The number of anilines is 1. The summed E-state index contributed by atoms with van der Waals surface area (Å²) in [5, 5.41) is 0. The van der Waals surface area contributed by atoms with E-state index in [0.29, 0.717) is 12.6 Å². The monoisotopic (exact) mass is 357 g/mol. The van der Waals surface area contributed by atoms with Crippen LogP contribution in [0.2, 0.25) is 0 Å². The van der Waals surface area contributed by atoms with E-state index in [-0.39, 0.29) is 5.60 Å². The molecule has 2 saturated heterocycles. The van der Waals surface area contributed by atoms with Gasteiger partial charge in [-0.05, 0) is 31.9 Å². The van der Waals surface area contributed by atoms with Gasteiger partial charge >= 0.3 is 0 Å². The Balaban J connectivity index is 1.45. The van der Waals surface area contributed by atoms with Crippen molar-refractivity contribution in [2.45, 2.75) is 31.9 Å². The lowest BCUT2D eigenvalue weighted by Crippen LogP contribution is -2.59. The van der Waals surface area contributed by atoms with Crippen LogP contribution in [0.25, 0.3) is 0 Å². The van der Waals surface area contributed by atoms with Crippen molar-refractivity contribution in [3.63, 3.8) is 0 Å². The summed E-state index contributed by atoms with van der Waals surface area (Å²) in [5.74, 6) is 0.165. The molecule has 6 nitrogen and oxygen atoms in total. The van der Waals surface area contributed by atoms with Gasteiger partial charge in [-0.25, -0.2) is 14.4 Å². The maximum Gasteiger partial charge on any atom is 0.225 e. The fraction of sp³-hybridized carbons (Fsp3) is 0.526. The summed E-state index contributed by atoms with van der Waals surface area (Å²) in [7, 11) is 0. The molecule has 1 unspecified atom stereocenters. The largest absolute Gasteiger partial charge is 0.370 e. The average Bonchev–Trinajstić information content (AvgIpc) is 2.62. The molecular weight excluding hydrogens is 333 g/mol. The molecule has 0 radical (unpaired) electrons. The van der Waals surface area contributed by atoms with Gasteiger partial charge in [0.1, 0.15) is 0 Å². The van der Waals surface area contributed by atoms with Gasteiger partial charge in [0, 0.05) is 31.9 Å². The van der Waals surface area contributed by atoms with Crippen LogP contribution >= 0.6 is 0 Å². The van der Waals surface area contributed by atoms with E-state index in [2.05, 4.69) is 36.9 Å². The van der Waals surface area contributed by atoms with Crippen molar-refractivity contribution in [2.24, 2.45) is 0 Å². The van der Waals surface area contributed by atoms with Crippen LogP contribution in [-0.2, 0) is 11.3 Å². The highest BCUT2D eigenvalue weighted by Gasteiger charge is 2.41. The van der Waals surface area contributed by atoms with Crippen molar-refractivity contribution in [1.82, 2.24) is 19.9 Å². The van der Waals surface area contributed by atoms with E-state index in [9.17, 15) is 4.39 Å². The number of aryl methyl sites for hydroxylation is 1. The van der Waals surface area contributed by atoms with Crippen molar-refractivity contribution < 1.29 is 9.13 Å². The summed E-state index contributed by atoms with van der Waals surface area (Å²) in [4.78, 5) is 17.4. The van der Waals surface area contributed by atoms with Gasteiger partial charge in [-0.1, -0.05) is 6.07 Å². The normalized spacial score (nSPS) is 24.2. The molecule has 4 heterocycles. The Hall–Kier alpha value is -2.12. The van der Waals surface area contributed by atoms with Gasteiger partial charge in [-0.3, -0.25) is 9.88 Å². The van der Waals surface area contributed by atoms with Gasteiger partial charge in [-0.2, -0.15) is 0 Å². The summed E-state index contributed by atoms with van der Waals surface area (Å²) >= 11 is 0. The summed E-state index contributed by atoms with van der Waals surface area (Å²) in [5.41, 5.74) is 1.91. The van der Waals surface area contributed by atoms with Crippen LogP contribution in [0.3, 0.4) is 0 Å². The molecule has 2 fully saturated rings. The number of morpholine rings is 1. The summed E-state index contributed by atoms with van der Waals surface area (Å²) in [6, 6.07) is 6.16. The lowest BCUT2D eigenvalue weighted by atomic mass is 9.90. The molecule has 0 amide bonds. The molecule has 0 aromatic carbocycles. The summed E-state index contributed by atoms with van der Waals surface area (Å²) in [6.45, 7) is 6.94. The molecule has 2 aromatic rings. The van der Waals surface area contributed by atoms with E-state index in [0.717, 1.165) is 57.0 Å². The molecule has 2 aliphatic heterocycles. The molecule has 0 saturated carbocycles. The van der Waals surface area contributed by atoms with Crippen LogP contribution in [0.5, 0.6) is 0 Å². The minimum absolute atomic E-state index is 0.224. The third kappa shape index (κ3) is 3.83. The maximum atomic E-state index is 13.1. The van der Waals surface area contributed by atoms with Crippen LogP contribution in [0.1, 0.15) is 24.2 Å². The Morgan fingerprint density at radius 2 is 2.04 bits per heavy atom. The minimum Gasteiger partial charge on any atom is -0.370 e. The average molecular weight is 357 g/mol. The van der Waals surface area contributed by atoms with Crippen molar-refractivity contribution in [2.75, 3.05) is 37.7 Å². The standard InChI is InChI=1S/C19H24FN5O/c1-15-4-2-5-17(23-15)12-24-8-9-26-19(13-24)6-3-7-25(14-19)18-21-10-16(20)11-22-18/h2,4-5,10-11H,3,6-9,12-14H2,1H3. The molecule has 1 spiro atoms. The lowest BCUT2D eigenvalue weighted by molar-refractivity contribution is -0.116. The predicted octanol–water partition coefficient (Wildman–Crippen LogP) is 2.19. The second-order valence-electron chi connectivity index (χ2n) is 7.24. The first-order valence-electron chi connectivity index (χ1n) is 9.13. The molecule has 7 heteroatoms. The lowest BCUT2D eigenvalue weighted by Gasteiger charge is -2.48. The van der Waals surface area contributed by atoms with Crippen molar-refractivity contribution >= 4 is 5.95 Å². The molecule has 26 heavy (non-hydrogen) atoms. The number of rotatable bonds is 3. The summed E-state index contributed by atoms with van der Waals surface area (Å²) in [6.07, 6.45) is 4.47. The highest BCUT2D eigenvalue weighted by molar-refractivity contribution is 5.31. The van der Waals surface area contributed by atoms with E-state index in [1.807, 2.05) is 13.0 Å². The number of ether oxygens (including phenoxy) is 1. The van der Waals surface area contributed by atoms with E-state index in [1.54, 1.807) is 0 Å². The molecule has 1 atom stereocenters. The van der Waals surface area contributed by atoms with Gasteiger partial charge < -0.3 is 9.64 Å². The SMILES string of the molecule is Cc1cccc(CN2CCOC3(CCCN(c4ncc(F)cn4)C3)C2)n1. The van der Waals surface area contributed by atoms with Gasteiger partial charge in [0.2, 0.25) is 5.95 Å². The first-order valence-corrected chi connectivity index (χ1v) is 9.13. The Labute approximate surface area is 153 Å². The smallest absolute Gasteiger partial charge is 0.225 e. The highest BCUT2D eigenvalue weighted by Crippen LogP contribution is 2.31. The zero-order chi connectivity index (χ0) is 18.0. The number of nitrogens with zero attached hydrogens (tertiary/aromatic N) is 5. The van der Waals surface area contributed by atoms with E-state index < -0.39 is 5.82 Å². The summed E-state index contributed by atoms with van der Waals surface area (Å²) < 4.78 is 19.3. The van der Waals surface area contributed by atoms with Crippen LogP contribution < -0.4 is 4.90 Å². The van der Waals surface area contributed by atoms with E-state index >= 15 is 0 Å². The molecule has 0 bridgehead atoms. The number of pyridine rings is 1. The van der Waals surface area contributed by atoms with Crippen LogP contribution in [0.4, 0.5) is 10.3 Å². The fourth-order valence-electron chi connectivity index (χ4n) is 3.96. The van der Waals surface area contributed by atoms with Gasteiger partial charge in [0.25, 0.3) is 0 Å². The Morgan fingerprint density at radius 1 is 1.19 bits per heavy atom. The van der Waals surface area contributed by atoms with Gasteiger partial charge in [-0.15, -0.1) is 0 Å². The zero-order valence-corrected chi connectivity index (χ0v) is 15.1. The highest BCUT2D eigenvalue weighted by atomic mass is 19.1. The number of aromatic nitrogens is 3. The Morgan fingerprint density at radius 3 is 2.85 bits per heavy atom. The number of halogens is 1. The van der Waals surface area contributed by atoms with Crippen molar-refractivity contribution in [3.05, 3.63) is 47.8 Å². The van der Waals surface area contributed by atoms with Crippen LogP contribution in [-0.4, -0.2) is 58.2 Å². The van der Waals surface area contributed by atoms with Crippen LogP contribution in [0, 0.1) is 12.7 Å².